The minimum absolute atomic E-state index is 0.0844. The zero-order valence-corrected chi connectivity index (χ0v) is 5.29. The molecule has 0 saturated heterocycles. The molecule has 0 rings (SSSR count). The lowest BCUT2D eigenvalue weighted by atomic mass is 9.82. The summed E-state index contributed by atoms with van der Waals surface area (Å²) in [4.78, 5) is 3.04. The fraction of sp³-hybridized carbons (Fsp3) is 0. The van der Waals surface area contributed by atoms with Crippen molar-refractivity contribution in [1.82, 2.24) is 0 Å². The van der Waals surface area contributed by atoms with Gasteiger partial charge in [0.25, 0.3) is 0 Å². The van der Waals surface area contributed by atoms with Crippen LogP contribution in [-0.2, 0) is 0 Å². The van der Waals surface area contributed by atoms with Gasteiger partial charge in [0, 0.05) is 6.21 Å². The van der Waals surface area contributed by atoms with Crippen molar-refractivity contribution in [2.45, 2.75) is 0 Å². The molecule has 0 atom stereocenters. The fourth-order valence-electron chi connectivity index (χ4n) is 0.220. The van der Waals surface area contributed by atoms with Crippen LogP contribution in [0.1, 0.15) is 0 Å². The van der Waals surface area contributed by atoms with Crippen molar-refractivity contribution in [1.29, 1.82) is 0 Å². The van der Waals surface area contributed by atoms with Crippen molar-refractivity contribution in [3.8, 4) is 0 Å². The molecule has 0 aromatic carbocycles. The zero-order valence-electron chi connectivity index (χ0n) is 5.29. The summed E-state index contributed by atoms with van der Waals surface area (Å²) < 4.78 is 11.7. The molecule has 0 aromatic heterocycles. The monoisotopic (exact) mass is 143 g/mol. The second kappa shape index (κ2) is 3.97. The Morgan fingerprint density at radius 3 is 2.30 bits per heavy atom. The van der Waals surface area contributed by atoms with E-state index >= 15 is 0 Å². The van der Waals surface area contributed by atoms with Gasteiger partial charge in [0.2, 0.25) is 5.95 Å². The van der Waals surface area contributed by atoms with Crippen LogP contribution < -0.4 is 0 Å². The van der Waals surface area contributed by atoms with Crippen LogP contribution in [0.5, 0.6) is 0 Å². The molecular weight excluding hydrogens is 136 g/mol. The van der Waals surface area contributed by atoms with Gasteiger partial charge in [-0.1, -0.05) is 6.58 Å². The summed E-state index contributed by atoms with van der Waals surface area (Å²) in [5.74, 6) is -0.901. The number of halogens is 1. The van der Waals surface area contributed by atoms with E-state index in [1.165, 1.54) is 0 Å². The number of hydrogen-bond donors (Lipinski definition) is 2. The maximum atomic E-state index is 11.7. The van der Waals surface area contributed by atoms with Crippen LogP contribution in [0.25, 0.3) is 0 Å². The molecule has 0 aromatic rings. The molecule has 3 nitrogen and oxygen atoms in total. The molecule has 0 aliphatic carbocycles. The molecule has 0 amide bonds. The topological polar surface area (TPSA) is 52.8 Å². The molecular formula is C5H7BFNO2. The van der Waals surface area contributed by atoms with Gasteiger partial charge in [0.1, 0.15) is 0 Å². The van der Waals surface area contributed by atoms with Gasteiger partial charge in [0.05, 0.1) is 0 Å². The second-order valence-corrected chi connectivity index (χ2v) is 1.58. The fourth-order valence-corrected chi connectivity index (χ4v) is 0.220. The highest BCUT2D eigenvalue weighted by atomic mass is 19.1. The van der Waals surface area contributed by atoms with Crippen LogP contribution in [0.4, 0.5) is 4.39 Å². The summed E-state index contributed by atoms with van der Waals surface area (Å²) in [7, 11) is -1.69. The third kappa shape index (κ3) is 4.00. The van der Waals surface area contributed by atoms with Crippen LogP contribution >= 0.6 is 0 Å². The molecule has 0 spiro atoms. The van der Waals surface area contributed by atoms with Crippen molar-refractivity contribution in [2.75, 3.05) is 0 Å². The van der Waals surface area contributed by atoms with Crippen molar-refractivity contribution < 1.29 is 14.4 Å². The minimum atomic E-state index is -1.69. The quantitative estimate of drug-likeness (QED) is 0.333. The Hall–Kier alpha value is -0.935. The molecule has 0 radical (unpaired) electrons. The summed E-state index contributed by atoms with van der Waals surface area (Å²) >= 11 is 0. The van der Waals surface area contributed by atoms with Crippen LogP contribution in [0.2, 0.25) is 0 Å². The molecule has 0 aliphatic rings. The van der Waals surface area contributed by atoms with Gasteiger partial charge in [-0.05, 0) is 12.1 Å². The van der Waals surface area contributed by atoms with Crippen molar-refractivity contribution in [2.24, 2.45) is 4.99 Å². The van der Waals surface area contributed by atoms with E-state index < -0.39 is 13.1 Å². The smallest absolute Gasteiger partial charge is 0.423 e. The largest absolute Gasteiger partial charge is 0.489 e. The Morgan fingerprint density at radius 1 is 1.50 bits per heavy atom. The normalized spacial score (nSPS) is 9.90. The van der Waals surface area contributed by atoms with E-state index in [1.807, 2.05) is 0 Å². The lowest BCUT2D eigenvalue weighted by Crippen LogP contribution is -2.15. The van der Waals surface area contributed by atoms with Crippen LogP contribution in [0.3, 0.4) is 0 Å². The number of rotatable bonds is 3. The SMILES string of the molecule is C=C(F)/N=C\C(=C)B(O)O. The average molecular weight is 143 g/mol. The molecule has 10 heavy (non-hydrogen) atoms. The molecule has 0 aliphatic heterocycles. The van der Waals surface area contributed by atoms with E-state index in [9.17, 15) is 4.39 Å². The Labute approximate surface area is 58.4 Å². The van der Waals surface area contributed by atoms with Gasteiger partial charge < -0.3 is 10.0 Å². The van der Waals surface area contributed by atoms with Gasteiger partial charge in [-0.3, -0.25) is 0 Å². The minimum Gasteiger partial charge on any atom is -0.423 e. The van der Waals surface area contributed by atoms with Crippen LogP contribution in [0.15, 0.2) is 29.6 Å². The maximum absolute atomic E-state index is 11.7. The predicted octanol–water partition coefficient (Wildman–Crippen LogP) is 0.0661. The lowest BCUT2D eigenvalue weighted by Gasteiger charge is -1.92. The van der Waals surface area contributed by atoms with E-state index in [1.54, 1.807) is 0 Å². The first kappa shape index (κ1) is 9.06. The highest BCUT2D eigenvalue weighted by Crippen LogP contribution is 1.93. The number of nitrogens with zero attached hydrogens (tertiary/aromatic N) is 1. The highest BCUT2D eigenvalue weighted by molar-refractivity contribution is 6.56. The van der Waals surface area contributed by atoms with E-state index in [-0.39, 0.29) is 5.47 Å². The zero-order chi connectivity index (χ0) is 8.15. The molecule has 0 bridgehead atoms. The van der Waals surface area contributed by atoms with E-state index in [4.69, 9.17) is 10.0 Å². The molecule has 2 N–H and O–H groups in total. The van der Waals surface area contributed by atoms with Crippen molar-refractivity contribution in [3.05, 3.63) is 24.6 Å². The summed E-state index contributed by atoms with van der Waals surface area (Å²) in [6.07, 6.45) is 0.896. The molecule has 0 unspecified atom stereocenters. The van der Waals surface area contributed by atoms with E-state index in [0.717, 1.165) is 6.21 Å². The van der Waals surface area contributed by atoms with Crippen LogP contribution in [-0.4, -0.2) is 23.4 Å². The molecule has 54 valence electrons. The Kier molecular flexibility index (Phi) is 3.60. The molecule has 0 fully saturated rings. The van der Waals surface area contributed by atoms with Crippen molar-refractivity contribution >= 4 is 13.3 Å². The number of allylic oxidation sites excluding steroid dienone is 1. The van der Waals surface area contributed by atoms with Gasteiger partial charge in [-0.25, -0.2) is 4.99 Å². The van der Waals surface area contributed by atoms with Gasteiger partial charge in [-0.2, -0.15) is 4.39 Å². The Morgan fingerprint density at radius 2 is 2.00 bits per heavy atom. The maximum Gasteiger partial charge on any atom is 0.489 e. The second-order valence-electron chi connectivity index (χ2n) is 1.58. The Bertz CT molecular complexity index is 178. The van der Waals surface area contributed by atoms with E-state index in [2.05, 4.69) is 18.2 Å². The van der Waals surface area contributed by atoms with Gasteiger partial charge in [-0.15, -0.1) is 0 Å². The summed E-state index contributed by atoms with van der Waals surface area (Å²) in [5, 5.41) is 16.7. The first-order valence-electron chi connectivity index (χ1n) is 2.47. The summed E-state index contributed by atoms with van der Waals surface area (Å²) in [6, 6.07) is 0. The average Bonchev–Trinajstić information content (AvgIpc) is 1.82. The first-order chi connectivity index (χ1) is 4.54. The molecule has 0 saturated carbocycles. The third-order valence-corrected chi connectivity index (χ3v) is 0.702. The third-order valence-electron chi connectivity index (χ3n) is 0.702. The van der Waals surface area contributed by atoms with Crippen LogP contribution in [0, 0.1) is 0 Å². The summed E-state index contributed by atoms with van der Waals surface area (Å²) in [6.45, 7) is 5.99. The molecule has 0 heterocycles. The van der Waals surface area contributed by atoms with Crippen molar-refractivity contribution in [3.63, 3.8) is 0 Å². The standard InChI is InChI=1S/C5H7BFNO2/c1-4(6(9)10)3-8-5(2)7/h3,9-10H,1-2H2/b8-3-. The first-order valence-corrected chi connectivity index (χ1v) is 2.47. The molecule has 5 heteroatoms. The lowest BCUT2D eigenvalue weighted by molar-refractivity contribution is 0.422. The Balaban J connectivity index is 3.90. The predicted molar refractivity (Wildman–Crippen MR) is 38.1 cm³/mol. The summed E-state index contributed by atoms with van der Waals surface area (Å²) in [5.41, 5.74) is -0.0844. The van der Waals surface area contributed by atoms with E-state index in [0.29, 0.717) is 0 Å². The number of aliphatic imine (C=N–C) groups is 1. The van der Waals surface area contributed by atoms with Gasteiger partial charge in [0.15, 0.2) is 0 Å². The van der Waals surface area contributed by atoms with Gasteiger partial charge >= 0.3 is 7.12 Å². The number of hydrogen-bond acceptors (Lipinski definition) is 3. The highest BCUT2D eigenvalue weighted by Gasteiger charge is 2.08.